The maximum atomic E-state index is 12.3. The predicted molar refractivity (Wildman–Crippen MR) is 85.2 cm³/mol. The number of nitrogens with one attached hydrogen (secondary N) is 1. The van der Waals surface area contributed by atoms with E-state index in [4.69, 9.17) is 0 Å². The number of hydrogen-bond acceptors (Lipinski definition) is 3. The Hall–Kier alpha value is 0.0700. The van der Waals surface area contributed by atoms with E-state index in [2.05, 4.69) is 5.32 Å². The third-order valence-corrected chi connectivity index (χ3v) is 5.32. The van der Waals surface area contributed by atoms with Gasteiger partial charge in [-0.25, -0.2) is 0 Å². The highest BCUT2D eigenvalue weighted by molar-refractivity contribution is 7.99. The van der Waals surface area contributed by atoms with E-state index in [9.17, 15) is 4.79 Å². The highest BCUT2D eigenvalue weighted by Gasteiger charge is 2.24. The zero-order chi connectivity index (χ0) is 12.8. The summed E-state index contributed by atoms with van der Waals surface area (Å²) in [6.45, 7) is 1.05. The summed E-state index contributed by atoms with van der Waals surface area (Å²) in [7, 11) is 2.01. The van der Waals surface area contributed by atoms with E-state index in [1.54, 1.807) is 0 Å². The van der Waals surface area contributed by atoms with Crippen molar-refractivity contribution in [3.63, 3.8) is 0 Å². The molecule has 1 aliphatic heterocycles. The molecular weight excluding hydrogens is 280 g/mol. The third kappa shape index (κ3) is 5.52. The molecule has 1 N–H and O–H groups in total. The Morgan fingerprint density at radius 1 is 1.26 bits per heavy atom. The minimum atomic E-state index is 0. The molecule has 19 heavy (non-hydrogen) atoms. The van der Waals surface area contributed by atoms with Gasteiger partial charge in [-0.3, -0.25) is 4.79 Å². The Kier molecular flexibility index (Phi) is 8.19. The van der Waals surface area contributed by atoms with Crippen molar-refractivity contribution in [2.24, 2.45) is 0 Å². The Labute approximate surface area is 127 Å². The van der Waals surface area contributed by atoms with Gasteiger partial charge in [-0.05, 0) is 12.8 Å². The normalized spacial score (nSPS) is 25.2. The summed E-state index contributed by atoms with van der Waals surface area (Å²) >= 11 is 1.96. The fourth-order valence-electron chi connectivity index (χ4n) is 2.95. The highest BCUT2D eigenvalue weighted by atomic mass is 35.5. The first kappa shape index (κ1) is 17.1. The average Bonchev–Trinajstić information content (AvgIpc) is 2.68. The summed E-state index contributed by atoms with van der Waals surface area (Å²) in [5.74, 6) is 2.61. The molecule has 1 heterocycles. The number of carbonyl (C=O) groups is 1. The van der Waals surface area contributed by atoms with E-state index in [0.29, 0.717) is 24.4 Å². The molecule has 1 amide bonds. The second-order valence-electron chi connectivity index (χ2n) is 5.58. The largest absolute Gasteiger partial charge is 0.343 e. The lowest BCUT2D eigenvalue weighted by Gasteiger charge is -2.30. The second kappa shape index (κ2) is 9.09. The molecule has 1 atom stereocenters. The van der Waals surface area contributed by atoms with Crippen molar-refractivity contribution in [2.45, 2.75) is 57.0 Å². The topological polar surface area (TPSA) is 32.3 Å². The van der Waals surface area contributed by atoms with Crippen molar-refractivity contribution < 1.29 is 4.79 Å². The van der Waals surface area contributed by atoms with Crippen molar-refractivity contribution in [3.05, 3.63) is 0 Å². The van der Waals surface area contributed by atoms with Crippen molar-refractivity contribution >= 4 is 30.1 Å². The van der Waals surface area contributed by atoms with Gasteiger partial charge in [0.25, 0.3) is 0 Å². The van der Waals surface area contributed by atoms with Crippen LogP contribution in [0.25, 0.3) is 0 Å². The molecule has 1 unspecified atom stereocenters. The molecule has 1 aliphatic carbocycles. The fourth-order valence-corrected chi connectivity index (χ4v) is 3.90. The van der Waals surface area contributed by atoms with Crippen LogP contribution in [0.3, 0.4) is 0 Å². The zero-order valence-corrected chi connectivity index (χ0v) is 13.5. The molecule has 3 nitrogen and oxygen atoms in total. The SMILES string of the molecule is CN(C(=O)CC1CSCCN1)C1CCCCCC1.Cl. The van der Waals surface area contributed by atoms with Gasteiger partial charge in [0.1, 0.15) is 0 Å². The van der Waals surface area contributed by atoms with Gasteiger partial charge in [-0.15, -0.1) is 12.4 Å². The summed E-state index contributed by atoms with van der Waals surface area (Å²) in [4.78, 5) is 14.3. The van der Waals surface area contributed by atoms with E-state index in [1.165, 1.54) is 44.3 Å². The lowest BCUT2D eigenvalue weighted by Crippen LogP contribution is -2.44. The Balaban J connectivity index is 0.00000180. The van der Waals surface area contributed by atoms with E-state index < -0.39 is 0 Å². The molecule has 0 radical (unpaired) electrons. The molecule has 0 spiro atoms. The summed E-state index contributed by atoms with van der Waals surface area (Å²) in [5, 5.41) is 3.45. The highest BCUT2D eigenvalue weighted by Crippen LogP contribution is 2.22. The molecule has 0 aromatic rings. The van der Waals surface area contributed by atoms with Crippen LogP contribution in [0, 0.1) is 0 Å². The molecular formula is C14H27ClN2OS. The van der Waals surface area contributed by atoms with Crippen LogP contribution < -0.4 is 5.32 Å². The molecule has 2 rings (SSSR count). The maximum absolute atomic E-state index is 12.3. The van der Waals surface area contributed by atoms with Crippen LogP contribution in [0.2, 0.25) is 0 Å². The number of rotatable bonds is 3. The molecule has 0 bridgehead atoms. The average molecular weight is 307 g/mol. The Bertz CT molecular complexity index is 264. The van der Waals surface area contributed by atoms with Crippen molar-refractivity contribution in [1.82, 2.24) is 10.2 Å². The molecule has 5 heteroatoms. The first-order valence-corrected chi connectivity index (χ1v) is 8.49. The van der Waals surface area contributed by atoms with E-state index in [1.807, 2.05) is 23.7 Å². The first-order chi connectivity index (χ1) is 8.77. The summed E-state index contributed by atoms with van der Waals surface area (Å²) < 4.78 is 0. The van der Waals surface area contributed by atoms with Crippen LogP contribution >= 0.6 is 24.2 Å². The number of thioether (sulfide) groups is 1. The van der Waals surface area contributed by atoms with Gasteiger partial charge in [0.05, 0.1) is 0 Å². The van der Waals surface area contributed by atoms with Crippen molar-refractivity contribution in [2.75, 3.05) is 25.1 Å². The van der Waals surface area contributed by atoms with Gasteiger partial charge >= 0.3 is 0 Å². The summed E-state index contributed by atoms with van der Waals surface area (Å²) in [6.07, 6.45) is 8.36. The van der Waals surface area contributed by atoms with Crippen molar-refractivity contribution in [3.8, 4) is 0 Å². The first-order valence-electron chi connectivity index (χ1n) is 7.34. The number of halogens is 1. The summed E-state index contributed by atoms with van der Waals surface area (Å²) in [6, 6.07) is 0.890. The van der Waals surface area contributed by atoms with Gasteiger partial charge in [-0.1, -0.05) is 25.7 Å². The molecule has 2 fully saturated rings. The Morgan fingerprint density at radius 2 is 1.95 bits per heavy atom. The quantitative estimate of drug-likeness (QED) is 0.814. The monoisotopic (exact) mass is 306 g/mol. The molecule has 0 aromatic carbocycles. The fraction of sp³-hybridized carbons (Fsp3) is 0.929. The smallest absolute Gasteiger partial charge is 0.224 e. The van der Waals surface area contributed by atoms with Gasteiger partial charge in [0.15, 0.2) is 0 Å². The van der Waals surface area contributed by atoms with Crippen LogP contribution in [-0.2, 0) is 4.79 Å². The zero-order valence-electron chi connectivity index (χ0n) is 11.9. The van der Waals surface area contributed by atoms with E-state index in [0.717, 1.165) is 12.3 Å². The lowest BCUT2D eigenvalue weighted by atomic mass is 10.1. The second-order valence-corrected chi connectivity index (χ2v) is 6.73. The molecule has 1 saturated carbocycles. The van der Waals surface area contributed by atoms with E-state index >= 15 is 0 Å². The molecule has 1 saturated heterocycles. The molecule has 112 valence electrons. The van der Waals surface area contributed by atoms with Crippen LogP contribution in [0.4, 0.5) is 0 Å². The van der Waals surface area contributed by atoms with E-state index in [-0.39, 0.29) is 12.4 Å². The predicted octanol–water partition coefficient (Wildman–Crippen LogP) is 2.68. The van der Waals surface area contributed by atoms with Gasteiger partial charge < -0.3 is 10.2 Å². The molecule has 2 aliphatic rings. The maximum Gasteiger partial charge on any atom is 0.224 e. The van der Waals surface area contributed by atoms with Gasteiger partial charge in [0, 0.05) is 43.6 Å². The summed E-state index contributed by atoms with van der Waals surface area (Å²) in [5.41, 5.74) is 0. The van der Waals surface area contributed by atoms with Crippen LogP contribution in [0.1, 0.15) is 44.9 Å². The number of amides is 1. The minimum absolute atomic E-state index is 0. The third-order valence-electron chi connectivity index (χ3n) is 4.19. The standard InChI is InChI=1S/C14H26N2OS.ClH/c1-16(13-6-4-2-3-5-7-13)14(17)10-12-11-18-9-8-15-12;/h12-13,15H,2-11H2,1H3;1H. The van der Waals surface area contributed by atoms with Crippen LogP contribution in [0.5, 0.6) is 0 Å². The van der Waals surface area contributed by atoms with Crippen molar-refractivity contribution in [1.29, 1.82) is 0 Å². The van der Waals surface area contributed by atoms with Crippen LogP contribution in [-0.4, -0.2) is 48.0 Å². The number of hydrogen-bond donors (Lipinski definition) is 1. The number of nitrogens with zero attached hydrogens (tertiary/aromatic N) is 1. The van der Waals surface area contributed by atoms with Gasteiger partial charge in [0.2, 0.25) is 5.91 Å². The Morgan fingerprint density at radius 3 is 2.53 bits per heavy atom. The number of carbonyl (C=O) groups excluding carboxylic acids is 1. The minimum Gasteiger partial charge on any atom is -0.343 e. The van der Waals surface area contributed by atoms with Crippen LogP contribution in [0.15, 0.2) is 0 Å². The van der Waals surface area contributed by atoms with Gasteiger partial charge in [-0.2, -0.15) is 11.8 Å². The molecule has 0 aromatic heterocycles. The lowest BCUT2D eigenvalue weighted by molar-refractivity contribution is -0.132.